The Bertz CT molecular complexity index is 638. The number of pyridine rings is 1. The summed E-state index contributed by atoms with van der Waals surface area (Å²) < 4.78 is 0. The molecule has 0 aliphatic carbocycles. The number of urea groups is 1. The van der Waals surface area contributed by atoms with Crippen molar-refractivity contribution in [1.29, 1.82) is 0 Å². The predicted molar refractivity (Wildman–Crippen MR) is 97.6 cm³/mol. The van der Waals surface area contributed by atoms with Gasteiger partial charge in [0.2, 0.25) is 0 Å². The number of nitrogens with zero attached hydrogens (tertiary/aromatic N) is 2. The maximum Gasteiger partial charge on any atom is 0.317 e. The minimum Gasteiger partial charge on any atom is -0.331 e. The summed E-state index contributed by atoms with van der Waals surface area (Å²) in [5, 5.41) is 3.05. The van der Waals surface area contributed by atoms with Crippen LogP contribution >= 0.6 is 0 Å². The van der Waals surface area contributed by atoms with Crippen LogP contribution in [0.1, 0.15) is 43.5 Å². The van der Waals surface area contributed by atoms with E-state index >= 15 is 0 Å². The van der Waals surface area contributed by atoms with Gasteiger partial charge in [0.25, 0.3) is 0 Å². The van der Waals surface area contributed by atoms with Gasteiger partial charge in [-0.1, -0.05) is 38.1 Å². The summed E-state index contributed by atoms with van der Waals surface area (Å²) in [6.45, 7) is 7.01. The van der Waals surface area contributed by atoms with Crippen molar-refractivity contribution in [3.05, 3.63) is 65.5 Å². The maximum absolute atomic E-state index is 12.3. The lowest BCUT2D eigenvalue weighted by atomic mass is 10.00. The number of rotatable bonds is 6. The van der Waals surface area contributed by atoms with Crippen LogP contribution < -0.4 is 5.32 Å². The van der Waals surface area contributed by atoms with E-state index in [0.717, 1.165) is 17.5 Å². The smallest absolute Gasteiger partial charge is 0.317 e. The number of amides is 2. The molecule has 1 unspecified atom stereocenters. The second-order valence-electron chi connectivity index (χ2n) is 6.72. The number of aromatic nitrogens is 1. The number of carbonyl (C=O) groups is 1. The zero-order chi connectivity index (χ0) is 17.5. The molecule has 2 amide bonds. The lowest BCUT2D eigenvalue weighted by molar-refractivity contribution is 0.203. The molecule has 2 rings (SSSR count). The molecule has 0 saturated carbocycles. The van der Waals surface area contributed by atoms with Crippen molar-refractivity contribution in [3.8, 4) is 0 Å². The van der Waals surface area contributed by atoms with E-state index in [1.165, 1.54) is 5.56 Å². The Morgan fingerprint density at radius 1 is 1.04 bits per heavy atom. The fraction of sp³-hybridized carbons (Fsp3) is 0.400. The van der Waals surface area contributed by atoms with Crippen LogP contribution in [-0.4, -0.2) is 23.0 Å². The Balaban J connectivity index is 1.90. The minimum absolute atomic E-state index is 0.0227. The standard InChI is InChI=1S/C20H27N3O/c1-15(2)13-17-5-7-19(8-6-17)16(3)22-20(24)23(4)14-18-9-11-21-12-10-18/h5-12,15-16H,13-14H2,1-4H3,(H,22,24). The summed E-state index contributed by atoms with van der Waals surface area (Å²) in [5.41, 5.74) is 3.52. The zero-order valence-corrected chi connectivity index (χ0v) is 15.0. The van der Waals surface area contributed by atoms with E-state index in [4.69, 9.17) is 0 Å². The number of benzene rings is 1. The Labute approximate surface area is 144 Å². The molecule has 1 aromatic carbocycles. The van der Waals surface area contributed by atoms with Crippen molar-refractivity contribution in [2.24, 2.45) is 5.92 Å². The van der Waals surface area contributed by atoms with E-state index in [-0.39, 0.29) is 12.1 Å². The summed E-state index contributed by atoms with van der Waals surface area (Å²) >= 11 is 0. The summed E-state index contributed by atoms with van der Waals surface area (Å²) in [6.07, 6.45) is 4.56. The summed E-state index contributed by atoms with van der Waals surface area (Å²) in [4.78, 5) is 18.0. The predicted octanol–water partition coefficient (Wildman–Crippen LogP) is 4.18. The van der Waals surface area contributed by atoms with Crippen LogP contribution in [0.3, 0.4) is 0 Å². The third kappa shape index (κ3) is 5.37. The van der Waals surface area contributed by atoms with E-state index < -0.39 is 0 Å². The van der Waals surface area contributed by atoms with E-state index in [1.54, 1.807) is 24.3 Å². The maximum atomic E-state index is 12.3. The van der Waals surface area contributed by atoms with Gasteiger partial charge in [0.05, 0.1) is 6.04 Å². The molecule has 1 heterocycles. The molecule has 0 radical (unpaired) electrons. The quantitative estimate of drug-likeness (QED) is 0.866. The van der Waals surface area contributed by atoms with E-state index in [1.807, 2.05) is 19.1 Å². The second-order valence-corrected chi connectivity index (χ2v) is 6.72. The van der Waals surface area contributed by atoms with Crippen molar-refractivity contribution in [3.63, 3.8) is 0 Å². The highest BCUT2D eigenvalue weighted by molar-refractivity contribution is 5.74. The summed E-state index contributed by atoms with van der Waals surface area (Å²) in [6, 6.07) is 12.2. The molecule has 128 valence electrons. The zero-order valence-electron chi connectivity index (χ0n) is 15.0. The highest BCUT2D eigenvalue weighted by Crippen LogP contribution is 2.16. The molecular weight excluding hydrogens is 298 g/mol. The van der Waals surface area contributed by atoms with Gasteiger partial charge in [-0.05, 0) is 48.1 Å². The summed E-state index contributed by atoms with van der Waals surface area (Å²) in [5.74, 6) is 0.648. The number of hydrogen-bond donors (Lipinski definition) is 1. The van der Waals surface area contributed by atoms with E-state index in [9.17, 15) is 4.79 Å². The molecule has 24 heavy (non-hydrogen) atoms. The largest absolute Gasteiger partial charge is 0.331 e. The number of hydrogen-bond acceptors (Lipinski definition) is 2. The fourth-order valence-corrected chi connectivity index (χ4v) is 2.63. The average molecular weight is 325 g/mol. The first kappa shape index (κ1) is 18.0. The van der Waals surface area contributed by atoms with Crippen molar-refractivity contribution in [2.75, 3.05) is 7.05 Å². The molecule has 0 bridgehead atoms. The molecule has 1 aromatic heterocycles. The first-order chi connectivity index (χ1) is 11.5. The first-order valence-corrected chi connectivity index (χ1v) is 8.45. The van der Waals surface area contributed by atoms with Gasteiger partial charge >= 0.3 is 6.03 Å². The molecule has 4 heteroatoms. The monoisotopic (exact) mass is 325 g/mol. The van der Waals surface area contributed by atoms with Gasteiger partial charge in [-0.3, -0.25) is 4.98 Å². The highest BCUT2D eigenvalue weighted by Gasteiger charge is 2.13. The van der Waals surface area contributed by atoms with Crippen LogP contribution in [0.5, 0.6) is 0 Å². The molecule has 1 N–H and O–H groups in total. The minimum atomic E-state index is -0.0782. The number of carbonyl (C=O) groups excluding carboxylic acids is 1. The average Bonchev–Trinajstić information content (AvgIpc) is 2.55. The number of nitrogens with one attached hydrogen (secondary N) is 1. The molecule has 0 fully saturated rings. The molecule has 0 aliphatic rings. The first-order valence-electron chi connectivity index (χ1n) is 8.45. The lowest BCUT2D eigenvalue weighted by Crippen LogP contribution is -2.38. The van der Waals surface area contributed by atoms with Crippen LogP contribution in [0.4, 0.5) is 4.79 Å². The van der Waals surface area contributed by atoms with Crippen LogP contribution in [0.2, 0.25) is 0 Å². The van der Waals surface area contributed by atoms with Gasteiger partial charge in [0.1, 0.15) is 0 Å². The molecule has 1 atom stereocenters. The van der Waals surface area contributed by atoms with Crippen LogP contribution in [0.25, 0.3) is 0 Å². The third-order valence-corrected chi connectivity index (χ3v) is 3.98. The molecule has 0 spiro atoms. The third-order valence-electron chi connectivity index (χ3n) is 3.98. The van der Waals surface area contributed by atoms with Gasteiger partial charge in [-0.2, -0.15) is 0 Å². The molecular formula is C20H27N3O. The molecule has 0 aliphatic heterocycles. The normalized spacial score (nSPS) is 12.0. The second kappa shape index (κ2) is 8.48. The lowest BCUT2D eigenvalue weighted by Gasteiger charge is -2.22. The van der Waals surface area contributed by atoms with Crippen LogP contribution in [0.15, 0.2) is 48.8 Å². The van der Waals surface area contributed by atoms with Crippen molar-refractivity contribution >= 4 is 6.03 Å². The van der Waals surface area contributed by atoms with Crippen molar-refractivity contribution < 1.29 is 4.79 Å². The fourth-order valence-electron chi connectivity index (χ4n) is 2.63. The van der Waals surface area contributed by atoms with Crippen LogP contribution in [0, 0.1) is 5.92 Å². The Morgan fingerprint density at radius 2 is 1.67 bits per heavy atom. The van der Waals surface area contributed by atoms with Gasteiger partial charge in [-0.25, -0.2) is 4.79 Å². The Hall–Kier alpha value is -2.36. The molecule has 0 saturated heterocycles. The SMILES string of the molecule is CC(C)Cc1ccc(C(C)NC(=O)N(C)Cc2ccncc2)cc1. The van der Waals surface area contributed by atoms with Gasteiger partial charge < -0.3 is 10.2 Å². The van der Waals surface area contributed by atoms with Gasteiger partial charge in [0, 0.05) is 26.0 Å². The van der Waals surface area contributed by atoms with Gasteiger partial charge in [0.15, 0.2) is 0 Å². The molecule has 2 aromatic rings. The van der Waals surface area contributed by atoms with Gasteiger partial charge in [-0.15, -0.1) is 0 Å². The summed E-state index contributed by atoms with van der Waals surface area (Å²) in [7, 11) is 1.80. The molecule has 4 nitrogen and oxygen atoms in total. The van der Waals surface area contributed by atoms with Crippen LogP contribution in [-0.2, 0) is 13.0 Å². The topological polar surface area (TPSA) is 45.2 Å². The Morgan fingerprint density at radius 3 is 2.25 bits per heavy atom. The van der Waals surface area contributed by atoms with E-state index in [0.29, 0.717) is 12.5 Å². The highest BCUT2D eigenvalue weighted by atomic mass is 16.2. The Kier molecular flexibility index (Phi) is 6.36. The van der Waals surface area contributed by atoms with Crippen molar-refractivity contribution in [1.82, 2.24) is 15.2 Å². The van der Waals surface area contributed by atoms with E-state index in [2.05, 4.69) is 48.4 Å². The van der Waals surface area contributed by atoms with Crippen molar-refractivity contribution in [2.45, 2.75) is 39.8 Å².